The third-order valence-corrected chi connectivity index (χ3v) is 9.38. The minimum atomic E-state index is -0.726. The summed E-state index contributed by atoms with van der Waals surface area (Å²) in [5.41, 5.74) is 2.39. The number of likely N-dealkylation sites (N-methyl/N-ethyl adjacent to an activating group) is 1. The Morgan fingerprint density at radius 1 is 1.08 bits per heavy atom. The summed E-state index contributed by atoms with van der Waals surface area (Å²) in [7, 11) is -0.726. The average Bonchev–Trinajstić information content (AvgIpc) is 3.79. The minimum absolute atomic E-state index is 0.0573. The van der Waals surface area contributed by atoms with E-state index >= 15 is 0 Å². The molecule has 0 unspecified atom stereocenters. The van der Waals surface area contributed by atoms with Crippen LogP contribution in [0.1, 0.15) is 26.7 Å². The number of aliphatic hydroxyl groups excluding tert-OH is 1. The number of carbonyl (C=O) groups is 1. The van der Waals surface area contributed by atoms with Gasteiger partial charge in [0.1, 0.15) is 48.7 Å². The monoisotopic (exact) mass is 682 g/mol. The molecule has 5 rings (SSSR count). The van der Waals surface area contributed by atoms with Crippen LogP contribution < -0.4 is 20.1 Å². The lowest BCUT2D eigenvalue weighted by Gasteiger charge is -2.24. The zero-order valence-corrected chi connectivity index (χ0v) is 29.2. The lowest BCUT2D eigenvalue weighted by atomic mass is 10.1. The Morgan fingerprint density at radius 3 is 2.48 bits per heavy atom. The molecule has 0 bridgehead atoms. The molecule has 1 saturated carbocycles. The third-order valence-electron chi connectivity index (χ3n) is 7.99. The fourth-order valence-corrected chi connectivity index (χ4v) is 5.67. The molecule has 2 aromatic heterocycles. The Kier molecular flexibility index (Phi) is 11.8. The first-order valence-corrected chi connectivity index (χ1v) is 19.3. The minimum Gasteiger partial charge on any atom is -0.491 e. The van der Waals surface area contributed by atoms with Crippen molar-refractivity contribution >= 4 is 32.8 Å². The average molecular weight is 683 g/mol. The largest absolute Gasteiger partial charge is 0.491 e. The first-order valence-electron chi connectivity index (χ1n) is 16.3. The summed E-state index contributed by atoms with van der Waals surface area (Å²) in [6, 6.07) is 13.6. The Morgan fingerprint density at radius 2 is 1.81 bits per heavy atom. The number of halogens is 1. The molecule has 4 aromatic rings. The number of nitrogens with zero attached hydrogens (tertiary/aromatic N) is 4. The molecule has 48 heavy (non-hydrogen) atoms. The summed E-state index contributed by atoms with van der Waals surface area (Å²) < 4.78 is 35.0. The number of anilines is 1. The van der Waals surface area contributed by atoms with E-state index in [9.17, 15) is 14.3 Å². The van der Waals surface area contributed by atoms with Crippen LogP contribution in [0.25, 0.3) is 22.3 Å². The maximum atomic E-state index is 14.9. The molecule has 1 aliphatic carbocycles. The Hall–Kier alpha value is -3.91. The van der Waals surface area contributed by atoms with Gasteiger partial charge in [0.05, 0.1) is 23.4 Å². The van der Waals surface area contributed by atoms with Gasteiger partial charge in [-0.3, -0.25) is 0 Å². The van der Waals surface area contributed by atoms with Crippen LogP contribution in [0.3, 0.4) is 0 Å². The van der Waals surface area contributed by atoms with E-state index in [1.165, 1.54) is 18.5 Å². The summed E-state index contributed by atoms with van der Waals surface area (Å²) in [4.78, 5) is 23.2. The van der Waals surface area contributed by atoms with Gasteiger partial charge in [0.25, 0.3) is 0 Å². The zero-order chi connectivity index (χ0) is 34.3. The fourth-order valence-electron chi connectivity index (χ4n) is 5.05. The van der Waals surface area contributed by atoms with Crippen LogP contribution in [-0.4, -0.2) is 100 Å². The maximum absolute atomic E-state index is 14.9. The number of benzene rings is 2. The summed E-state index contributed by atoms with van der Waals surface area (Å²) >= 11 is 0. The lowest BCUT2D eigenvalue weighted by Crippen LogP contribution is -2.35. The molecular formula is C35H47FN6O5S. The first kappa shape index (κ1) is 35.4. The highest BCUT2D eigenvalue weighted by molar-refractivity contribution is 8.32. The number of aliphatic hydroxyl groups is 1. The van der Waals surface area contributed by atoms with Crippen molar-refractivity contribution in [2.75, 3.05) is 62.7 Å². The topological polar surface area (TPSA) is 123 Å². The van der Waals surface area contributed by atoms with Crippen molar-refractivity contribution in [1.29, 1.82) is 0 Å². The van der Waals surface area contributed by atoms with Gasteiger partial charge < -0.3 is 39.4 Å². The van der Waals surface area contributed by atoms with Gasteiger partial charge >= 0.3 is 6.03 Å². The van der Waals surface area contributed by atoms with Crippen LogP contribution in [0, 0.1) is 5.82 Å². The number of amides is 2. The van der Waals surface area contributed by atoms with E-state index in [2.05, 4.69) is 58.1 Å². The van der Waals surface area contributed by atoms with Crippen molar-refractivity contribution in [3.8, 4) is 28.6 Å². The molecule has 2 heterocycles. The number of urea groups is 1. The number of carbonyl (C=O) groups excluding carboxylic acids is 1. The molecule has 0 aliphatic heterocycles. The van der Waals surface area contributed by atoms with Gasteiger partial charge in [-0.15, -0.1) is 0 Å². The van der Waals surface area contributed by atoms with Crippen molar-refractivity contribution in [3.63, 3.8) is 0 Å². The number of fused-ring (bicyclic) bond motifs is 1. The van der Waals surface area contributed by atoms with Crippen molar-refractivity contribution in [2.24, 2.45) is 0 Å². The normalized spacial score (nSPS) is 14.2. The Labute approximate surface area is 283 Å². The van der Waals surface area contributed by atoms with Gasteiger partial charge in [-0.2, -0.15) is 0 Å². The van der Waals surface area contributed by atoms with E-state index < -0.39 is 28.0 Å². The van der Waals surface area contributed by atoms with E-state index in [4.69, 9.17) is 14.2 Å². The highest BCUT2D eigenvalue weighted by Gasteiger charge is 2.24. The standard InChI is InChI=1S/C35H47FN6O5S/c1-6-41(7-2)20-26(43)21-46-27-12-8-24(9-13-27)32-19-29-33(42(32)23-45-16-17-48(3,4)5)37-22-38-34(29)47-28-14-15-31(30(36)18-28)40-35(44)39-25-10-11-25/h8-9,12-15,18-19,22,25-26,43H,6-7,10-11,16-17,20-21,23H2,1-5H3,(H2,39,40,44)/t26-/m1/s1. The van der Waals surface area contributed by atoms with Gasteiger partial charge in [0.15, 0.2) is 0 Å². The second-order valence-corrected chi connectivity index (χ2v) is 17.4. The predicted octanol–water partition coefficient (Wildman–Crippen LogP) is 6.06. The highest BCUT2D eigenvalue weighted by Crippen LogP contribution is 2.36. The number of hydrogen-bond acceptors (Lipinski definition) is 8. The van der Waals surface area contributed by atoms with Crippen LogP contribution in [0.4, 0.5) is 14.9 Å². The molecule has 0 radical (unpaired) electrons. The van der Waals surface area contributed by atoms with Crippen molar-refractivity contribution in [1.82, 2.24) is 24.8 Å². The van der Waals surface area contributed by atoms with E-state index in [0.717, 1.165) is 42.9 Å². The second-order valence-electron chi connectivity index (χ2n) is 12.8. The van der Waals surface area contributed by atoms with Crippen molar-refractivity contribution in [2.45, 2.75) is 45.6 Å². The molecule has 1 fully saturated rings. The molecule has 11 nitrogen and oxygen atoms in total. The molecule has 1 atom stereocenters. The fraction of sp³-hybridized carbons (Fsp3) is 0.457. The van der Waals surface area contributed by atoms with Crippen LogP contribution in [0.2, 0.25) is 0 Å². The summed E-state index contributed by atoms with van der Waals surface area (Å²) in [5.74, 6) is 1.48. The zero-order valence-electron chi connectivity index (χ0n) is 28.4. The van der Waals surface area contributed by atoms with Crippen LogP contribution in [0.5, 0.6) is 17.4 Å². The lowest BCUT2D eigenvalue weighted by molar-refractivity contribution is 0.0716. The summed E-state index contributed by atoms with van der Waals surface area (Å²) in [6.45, 7) is 7.50. The molecule has 2 amide bonds. The first-order chi connectivity index (χ1) is 23.0. The number of ether oxygens (including phenoxy) is 3. The van der Waals surface area contributed by atoms with Crippen molar-refractivity contribution in [3.05, 3.63) is 60.7 Å². The quantitative estimate of drug-likeness (QED) is 0.115. The molecular weight excluding hydrogens is 635 g/mol. The molecule has 260 valence electrons. The summed E-state index contributed by atoms with van der Waals surface area (Å²) in [6.07, 6.45) is 9.45. The predicted molar refractivity (Wildman–Crippen MR) is 190 cm³/mol. The number of rotatable bonds is 17. The van der Waals surface area contributed by atoms with Gasteiger partial charge in [0, 0.05) is 24.4 Å². The van der Waals surface area contributed by atoms with Gasteiger partial charge in [0.2, 0.25) is 5.88 Å². The SMILES string of the molecule is CCN(CC)C[C@@H](O)COc1ccc(-c2cc3c(Oc4ccc(NC(=O)NC5CC5)c(F)c4)ncnc3n2COCCS(C)(C)C)cc1. The number of hydrogen-bond donors (Lipinski definition) is 3. The van der Waals surface area contributed by atoms with E-state index in [1.807, 2.05) is 34.9 Å². The molecule has 0 saturated heterocycles. The second kappa shape index (κ2) is 16.0. The van der Waals surface area contributed by atoms with Crippen LogP contribution in [0.15, 0.2) is 54.9 Å². The number of aromatic nitrogens is 3. The van der Waals surface area contributed by atoms with Crippen LogP contribution in [-0.2, 0) is 11.5 Å². The number of nitrogens with one attached hydrogen (secondary N) is 2. The Bertz CT molecular complexity index is 1670. The van der Waals surface area contributed by atoms with Gasteiger partial charge in [-0.25, -0.2) is 29.2 Å². The van der Waals surface area contributed by atoms with Crippen molar-refractivity contribution < 1.29 is 28.5 Å². The third kappa shape index (κ3) is 9.82. The van der Waals surface area contributed by atoms with E-state index in [0.29, 0.717) is 29.9 Å². The molecule has 0 spiro atoms. The van der Waals surface area contributed by atoms with Gasteiger partial charge in [-0.1, -0.05) is 13.8 Å². The van der Waals surface area contributed by atoms with E-state index in [-0.39, 0.29) is 36.7 Å². The molecule has 1 aliphatic rings. The maximum Gasteiger partial charge on any atom is 0.319 e. The highest BCUT2D eigenvalue weighted by atomic mass is 32.3. The Balaban J connectivity index is 1.36. The van der Waals surface area contributed by atoms with Crippen LogP contribution >= 0.6 is 10.0 Å². The molecule has 13 heteroatoms. The summed E-state index contributed by atoms with van der Waals surface area (Å²) in [5, 5.41) is 16.4. The van der Waals surface area contributed by atoms with Gasteiger partial charge in [-0.05, 0) is 92.7 Å². The smallest absolute Gasteiger partial charge is 0.319 e. The molecule has 2 aromatic carbocycles. The van der Waals surface area contributed by atoms with E-state index in [1.54, 1.807) is 6.07 Å². The molecule has 3 N–H and O–H groups in total.